The smallest absolute Gasteiger partial charge is 0.338 e. The lowest BCUT2D eigenvalue weighted by Gasteiger charge is -2.48. The quantitative estimate of drug-likeness (QED) is 0.0429. The first-order chi connectivity index (χ1) is 26.6. The van der Waals surface area contributed by atoms with Crippen molar-refractivity contribution < 1.29 is 67.7 Å². The van der Waals surface area contributed by atoms with Gasteiger partial charge in [0.15, 0.2) is 24.8 Å². The number of carbonyl (C=O) groups excluding carboxylic acids is 4. The number of amides is 1. The number of hydrogen-bond acceptors (Lipinski definition) is 15. The van der Waals surface area contributed by atoms with Crippen molar-refractivity contribution in [1.29, 1.82) is 0 Å². The van der Waals surface area contributed by atoms with Crippen LogP contribution >= 0.6 is 0 Å². The molecule has 10 atom stereocenters. The Morgan fingerprint density at radius 3 is 1.80 bits per heavy atom. The second-order valence-electron chi connectivity index (χ2n) is 12.3. The van der Waals surface area contributed by atoms with E-state index in [1.807, 2.05) is 0 Å². The number of aliphatic hydroxyl groups is 3. The highest BCUT2D eigenvalue weighted by Gasteiger charge is 2.55. The van der Waals surface area contributed by atoms with E-state index in [4.69, 9.17) is 38.7 Å². The number of aliphatic hydroxyl groups excluding tert-OH is 3. The highest BCUT2D eigenvalue weighted by molar-refractivity contribution is 5.90. The standard InChI is InChI=1S/C37H40N4O14/c1-21(43)40-27-29(45)28(44)25(19-42)51-36(27)55-31-30(53-34(47)23-13-7-3-8-14-23)26(20-50-33(46)22-11-5-2-6-12-22)52-37(49-18-17-39-41-38)32(31)54-35(48)24-15-9-4-10-16-24/h2-16,25-32,36-37,42,44-45H,17-20H2,1H3,(H,40,43)/t25-,26-,27-,28-,29-,30+,31+,32-,36+,37-/m1/s1. The van der Waals surface area contributed by atoms with E-state index in [1.54, 1.807) is 54.6 Å². The third kappa shape index (κ3) is 10.6. The Labute approximate surface area is 314 Å². The average Bonchev–Trinajstić information content (AvgIpc) is 3.20. The molecule has 292 valence electrons. The molecule has 0 saturated carbocycles. The van der Waals surface area contributed by atoms with Gasteiger partial charge in [-0.3, -0.25) is 4.79 Å². The molecule has 0 spiro atoms. The van der Waals surface area contributed by atoms with Gasteiger partial charge in [-0.1, -0.05) is 59.7 Å². The maximum absolute atomic E-state index is 13.7. The van der Waals surface area contributed by atoms with Gasteiger partial charge in [0.2, 0.25) is 5.91 Å². The number of benzene rings is 3. The molecule has 3 aromatic rings. The number of nitrogens with zero attached hydrogens (tertiary/aromatic N) is 3. The van der Waals surface area contributed by atoms with Gasteiger partial charge < -0.3 is 53.8 Å². The van der Waals surface area contributed by atoms with Crippen LogP contribution in [0.3, 0.4) is 0 Å². The number of esters is 3. The van der Waals surface area contributed by atoms with Crippen LogP contribution in [0.15, 0.2) is 96.1 Å². The summed E-state index contributed by atoms with van der Waals surface area (Å²) in [4.78, 5) is 55.5. The van der Waals surface area contributed by atoms with Crippen molar-refractivity contribution >= 4 is 23.8 Å². The Hall–Kier alpha value is -5.43. The molecule has 2 saturated heterocycles. The Kier molecular flexibility index (Phi) is 14.6. The molecular formula is C37H40N4O14. The van der Waals surface area contributed by atoms with E-state index in [1.165, 1.54) is 36.4 Å². The summed E-state index contributed by atoms with van der Waals surface area (Å²) in [5, 5.41) is 37.7. The summed E-state index contributed by atoms with van der Waals surface area (Å²) >= 11 is 0. The summed E-state index contributed by atoms with van der Waals surface area (Å²) in [5.74, 6) is -3.23. The zero-order chi connectivity index (χ0) is 39.3. The van der Waals surface area contributed by atoms with Crippen LogP contribution in [0.1, 0.15) is 38.0 Å². The van der Waals surface area contributed by atoms with Crippen LogP contribution in [0.4, 0.5) is 0 Å². The van der Waals surface area contributed by atoms with E-state index in [0.717, 1.165) is 6.92 Å². The topological polar surface area (TPSA) is 254 Å². The number of azide groups is 1. The summed E-state index contributed by atoms with van der Waals surface area (Å²) in [6.45, 7) is -0.710. The van der Waals surface area contributed by atoms with Crippen LogP contribution in [0.25, 0.3) is 10.4 Å². The van der Waals surface area contributed by atoms with Crippen LogP contribution in [-0.4, -0.2) is 127 Å². The number of hydrogen-bond donors (Lipinski definition) is 4. The molecule has 0 aliphatic carbocycles. The fraction of sp³-hybridized carbons (Fsp3) is 0.405. The third-order valence-corrected chi connectivity index (χ3v) is 8.56. The predicted molar refractivity (Wildman–Crippen MR) is 187 cm³/mol. The number of ether oxygens (including phenoxy) is 7. The molecule has 2 aliphatic heterocycles. The molecule has 5 rings (SSSR count). The largest absolute Gasteiger partial charge is 0.459 e. The van der Waals surface area contributed by atoms with Crippen molar-refractivity contribution in [3.05, 3.63) is 118 Å². The van der Waals surface area contributed by atoms with Crippen molar-refractivity contribution in [2.45, 2.75) is 68.3 Å². The maximum atomic E-state index is 13.7. The molecule has 55 heavy (non-hydrogen) atoms. The van der Waals surface area contributed by atoms with Crippen molar-refractivity contribution in [2.75, 3.05) is 26.4 Å². The van der Waals surface area contributed by atoms with Crippen LogP contribution < -0.4 is 5.32 Å². The molecule has 0 aromatic heterocycles. The van der Waals surface area contributed by atoms with E-state index >= 15 is 0 Å². The van der Waals surface area contributed by atoms with Crippen molar-refractivity contribution in [3.63, 3.8) is 0 Å². The Bertz CT molecular complexity index is 1780. The molecule has 4 N–H and O–H groups in total. The fourth-order valence-corrected chi connectivity index (χ4v) is 5.91. The first-order valence-corrected chi connectivity index (χ1v) is 17.2. The summed E-state index contributed by atoms with van der Waals surface area (Å²) in [6.07, 6.45) is -14.6. The second-order valence-corrected chi connectivity index (χ2v) is 12.3. The van der Waals surface area contributed by atoms with Gasteiger partial charge in [-0.15, -0.1) is 0 Å². The first kappa shape index (κ1) is 40.7. The second kappa shape index (κ2) is 19.8. The van der Waals surface area contributed by atoms with Gasteiger partial charge >= 0.3 is 17.9 Å². The highest BCUT2D eigenvalue weighted by atomic mass is 16.8. The minimum atomic E-state index is -1.76. The number of rotatable bonds is 15. The monoisotopic (exact) mass is 764 g/mol. The molecule has 2 heterocycles. The van der Waals surface area contributed by atoms with Gasteiger partial charge in [-0.2, -0.15) is 0 Å². The highest BCUT2D eigenvalue weighted by Crippen LogP contribution is 2.34. The molecular weight excluding hydrogens is 724 g/mol. The van der Waals surface area contributed by atoms with Crippen LogP contribution in [0, 0.1) is 0 Å². The minimum absolute atomic E-state index is 0.0924. The predicted octanol–water partition coefficient (Wildman–Crippen LogP) is 1.68. The lowest BCUT2D eigenvalue weighted by Crippen LogP contribution is -2.68. The van der Waals surface area contributed by atoms with Crippen molar-refractivity contribution in [3.8, 4) is 0 Å². The molecule has 2 aliphatic rings. The van der Waals surface area contributed by atoms with Crippen molar-refractivity contribution in [1.82, 2.24) is 5.32 Å². The number of nitrogens with one attached hydrogen (secondary N) is 1. The van der Waals surface area contributed by atoms with E-state index in [-0.39, 0.29) is 29.8 Å². The molecule has 0 radical (unpaired) electrons. The molecule has 1 amide bonds. The molecule has 18 heteroatoms. The first-order valence-electron chi connectivity index (χ1n) is 17.2. The molecule has 0 unspecified atom stereocenters. The van der Waals surface area contributed by atoms with E-state index in [2.05, 4.69) is 15.3 Å². The fourth-order valence-electron chi connectivity index (χ4n) is 5.91. The minimum Gasteiger partial charge on any atom is -0.459 e. The lowest BCUT2D eigenvalue weighted by molar-refractivity contribution is -0.345. The summed E-state index contributed by atoms with van der Waals surface area (Å²) in [6, 6.07) is 22.1. The van der Waals surface area contributed by atoms with Gasteiger partial charge in [0.25, 0.3) is 0 Å². The van der Waals surface area contributed by atoms with Crippen LogP contribution in [-0.2, 0) is 38.0 Å². The third-order valence-electron chi connectivity index (χ3n) is 8.56. The Balaban J connectivity index is 1.60. The van der Waals surface area contributed by atoms with E-state index < -0.39 is 98.4 Å². The zero-order valence-electron chi connectivity index (χ0n) is 29.4. The van der Waals surface area contributed by atoms with Gasteiger partial charge in [-0.25, -0.2) is 14.4 Å². The normalized spacial score (nSPS) is 27.5. The Morgan fingerprint density at radius 2 is 1.27 bits per heavy atom. The van der Waals surface area contributed by atoms with Crippen LogP contribution in [0.2, 0.25) is 0 Å². The SMILES string of the molecule is CC(=O)N[C@H]1[C@H](O[C@H]2[C@@H](OC(=O)c3ccccc3)[C@@H](COC(=O)c3ccccc3)O[C@@H](OCCN=[N+]=[N-])[C@@H]2OC(=O)c2ccccc2)O[C@H](CO)[C@@H](O)[C@@H]1O. The summed E-state index contributed by atoms with van der Waals surface area (Å²) in [5.41, 5.74) is 9.23. The lowest BCUT2D eigenvalue weighted by atomic mass is 9.95. The molecule has 2 fully saturated rings. The summed E-state index contributed by atoms with van der Waals surface area (Å²) in [7, 11) is 0. The van der Waals surface area contributed by atoms with Gasteiger partial charge in [0, 0.05) is 18.4 Å². The molecule has 0 bridgehead atoms. The zero-order valence-corrected chi connectivity index (χ0v) is 29.4. The van der Waals surface area contributed by atoms with E-state index in [9.17, 15) is 34.5 Å². The Morgan fingerprint density at radius 1 is 0.745 bits per heavy atom. The summed E-state index contributed by atoms with van der Waals surface area (Å²) < 4.78 is 42.0. The van der Waals surface area contributed by atoms with Crippen molar-refractivity contribution in [2.24, 2.45) is 5.11 Å². The molecule has 3 aromatic carbocycles. The maximum Gasteiger partial charge on any atom is 0.338 e. The van der Waals surface area contributed by atoms with Gasteiger partial charge in [0.05, 0.1) is 29.9 Å². The van der Waals surface area contributed by atoms with Gasteiger partial charge in [-0.05, 0) is 41.9 Å². The van der Waals surface area contributed by atoms with E-state index in [0.29, 0.717) is 0 Å². The number of carbonyl (C=O) groups is 4. The average molecular weight is 765 g/mol. The van der Waals surface area contributed by atoms with Gasteiger partial charge in [0.1, 0.15) is 43.2 Å². The molecule has 18 nitrogen and oxygen atoms in total. The van der Waals surface area contributed by atoms with Crippen LogP contribution in [0.5, 0.6) is 0 Å².